The lowest BCUT2D eigenvalue weighted by atomic mass is 10.0. The fourth-order valence-corrected chi connectivity index (χ4v) is 2.73. The Morgan fingerprint density at radius 3 is 2.84 bits per heavy atom. The Morgan fingerprint density at radius 2 is 2.11 bits per heavy atom. The first-order valence-electron chi connectivity index (χ1n) is 6.87. The molecule has 5 heteroatoms. The smallest absolute Gasteiger partial charge is 0.314 e. The fraction of sp³-hybridized carbons (Fsp3) is 0.571. The van der Waals surface area contributed by atoms with Crippen LogP contribution in [0.1, 0.15) is 39.0 Å². The SMILES string of the molecule is CC1CCCC(Nc2cccc(N)c2[N+](=O)[O-])CC1. The van der Waals surface area contributed by atoms with E-state index in [9.17, 15) is 10.1 Å². The summed E-state index contributed by atoms with van der Waals surface area (Å²) in [5.74, 6) is 0.752. The van der Waals surface area contributed by atoms with Crippen molar-refractivity contribution in [3.8, 4) is 0 Å². The van der Waals surface area contributed by atoms with Crippen molar-refractivity contribution in [1.82, 2.24) is 0 Å². The molecule has 0 amide bonds. The number of nitro groups is 1. The molecular formula is C14H21N3O2. The van der Waals surface area contributed by atoms with Crippen molar-refractivity contribution in [1.29, 1.82) is 0 Å². The number of rotatable bonds is 3. The number of hydrogen-bond donors (Lipinski definition) is 2. The van der Waals surface area contributed by atoms with Crippen LogP contribution in [0.2, 0.25) is 0 Å². The Labute approximate surface area is 113 Å². The number of nitro benzene ring substituents is 1. The molecule has 1 fully saturated rings. The van der Waals surface area contributed by atoms with Gasteiger partial charge in [-0.05, 0) is 37.3 Å². The molecule has 0 radical (unpaired) electrons. The van der Waals surface area contributed by atoms with Crippen LogP contribution in [-0.4, -0.2) is 11.0 Å². The van der Waals surface area contributed by atoms with Crippen LogP contribution in [0.15, 0.2) is 18.2 Å². The lowest BCUT2D eigenvalue weighted by Gasteiger charge is -2.18. The van der Waals surface area contributed by atoms with E-state index in [0.717, 1.165) is 18.8 Å². The van der Waals surface area contributed by atoms with Gasteiger partial charge in [0.25, 0.3) is 0 Å². The van der Waals surface area contributed by atoms with E-state index in [1.807, 2.05) is 0 Å². The van der Waals surface area contributed by atoms with Crippen LogP contribution in [0.4, 0.5) is 17.1 Å². The van der Waals surface area contributed by atoms with Crippen LogP contribution in [0.25, 0.3) is 0 Å². The molecule has 3 N–H and O–H groups in total. The Bertz CT molecular complexity index is 462. The molecule has 0 aromatic heterocycles. The Morgan fingerprint density at radius 1 is 1.32 bits per heavy atom. The molecule has 2 unspecified atom stereocenters. The maximum absolute atomic E-state index is 11.1. The summed E-state index contributed by atoms with van der Waals surface area (Å²) in [4.78, 5) is 10.7. The first-order chi connectivity index (χ1) is 9.08. The van der Waals surface area contributed by atoms with E-state index in [-0.39, 0.29) is 11.4 Å². The quantitative estimate of drug-likeness (QED) is 0.378. The van der Waals surface area contributed by atoms with Crippen molar-refractivity contribution < 1.29 is 4.92 Å². The lowest BCUT2D eigenvalue weighted by Crippen LogP contribution is -2.19. The fourth-order valence-electron chi connectivity index (χ4n) is 2.73. The first-order valence-corrected chi connectivity index (χ1v) is 6.87. The van der Waals surface area contributed by atoms with Crippen molar-refractivity contribution in [2.75, 3.05) is 11.1 Å². The average molecular weight is 263 g/mol. The summed E-state index contributed by atoms with van der Waals surface area (Å²) in [6.45, 7) is 2.27. The molecule has 0 heterocycles. The number of hydrogen-bond acceptors (Lipinski definition) is 4. The molecule has 19 heavy (non-hydrogen) atoms. The molecule has 2 atom stereocenters. The molecule has 0 saturated heterocycles. The molecule has 1 aromatic carbocycles. The van der Waals surface area contributed by atoms with Gasteiger partial charge < -0.3 is 11.1 Å². The second kappa shape index (κ2) is 5.91. The van der Waals surface area contributed by atoms with E-state index >= 15 is 0 Å². The van der Waals surface area contributed by atoms with E-state index in [4.69, 9.17) is 5.73 Å². The minimum absolute atomic E-state index is 0.000189. The number of nitrogens with zero attached hydrogens (tertiary/aromatic N) is 1. The molecule has 0 bridgehead atoms. The molecule has 0 spiro atoms. The molecule has 1 aliphatic rings. The van der Waals surface area contributed by atoms with Gasteiger partial charge in [0, 0.05) is 6.04 Å². The monoisotopic (exact) mass is 263 g/mol. The second-order valence-corrected chi connectivity index (χ2v) is 5.46. The van der Waals surface area contributed by atoms with E-state index in [1.165, 1.54) is 19.3 Å². The Hall–Kier alpha value is -1.78. The molecule has 1 aliphatic carbocycles. The summed E-state index contributed by atoms with van der Waals surface area (Å²) < 4.78 is 0. The number of anilines is 2. The van der Waals surface area contributed by atoms with Gasteiger partial charge in [-0.15, -0.1) is 0 Å². The molecule has 1 aromatic rings. The van der Waals surface area contributed by atoms with Crippen LogP contribution in [0.5, 0.6) is 0 Å². The number of nitrogens with one attached hydrogen (secondary N) is 1. The summed E-state index contributed by atoms with van der Waals surface area (Å²) >= 11 is 0. The maximum Gasteiger partial charge on any atom is 0.314 e. The van der Waals surface area contributed by atoms with E-state index in [0.29, 0.717) is 11.7 Å². The summed E-state index contributed by atoms with van der Waals surface area (Å²) in [7, 11) is 0. The van der Waals surface area contributed by atoms with Crippen molar-refractivity contribution >= 4 is 17.1 Å². The van der Waals surface area contributed by atoms with Crippen molar-refractivity contribution in [2.24, 2.45) is 5.92 Å². The van der Waals surface area contributed by atoms with E-state index < -0.39 is 4.92 Å². The van der Waals surface area contributed by atoms with Gasteiger partial charge in [0.1, 0.15) is 11.4 Å². The van der Waals surface area contributed by atoms with Crippen molar-refractivity contribution in [3.63, 3.8) is 0 Å². The molecule has 0 aliphatic heterocycles. The molecule has 104 valence electrons. The highest BCUT2D eigenvalue weighted by Gasteiger charge is 2.22. The van der Waals surface area contributed by atoms with Gasteiger partial charge in [-0.1, -0.05) is 25.8 Å². The number of para-hydroxylation sites is 1. The van der Waals surface area contributed by atoms with Crippen LogP contribution in [0.3, 0.4) is 0 Å². The first kappa shape index (κ1) is 13.6. The number of benzene rings is 1. The average Bonchev–Trinajstić information content (AvgIpc) is 2.54. The summed E-state index contributed by atoms with van der Waals surface area (Å²) in [5, 5.41) is 14.4. The van der Waals surface area contributed by atoms with Crippen LogP contribution >= 0.6 is 0 Å². The lowest BCUT2D eigenvalue weighted by molar-refractivity contribution is -0.383. The van der Waals surface area contributed by atoms with Gasteiger partial charge in [-0.3, -0.25) is 10.1 Å². The Kier molecular flexibility index (Phi) is 4.24. The largest absolute Gasteiger partial charge is 0.393 e. The summed E-state index contributed by atoms with van der Waals surface area (Å²) in [5.41, 5.74) is 6.46. The van der Waals surface area contributed by atoms with Gasteiger partial charge in [-0.2, -0.15) is 0 Å². The topological polar surface area (TPSA) is 81.2 Å². The molecular weight excluding hydrogens is 242 g/mol. The third-order valence-electron chi connectivity index (χ3n) is 3.87. The van der Waals surface area contributed by atoms with Gasteiger partial charge >= 0.3 is 5.69 Å². The van der Waals surface area contributed by atoms with E-state index in [1.54, 1.807) is 18.2 Å². The summed E-state index contributed by atoms with van der Waals surface area (Å²) in [6.07, 6.45) is 5.73. The normalized spacial score (nSPS) is 23.6. The zero-order valence-electron chi connectivity index (χ0n) is 11.3. The minimum atomic E-state index is -0.406. The minimum Gasteiger partial charge on any atom is -0.393 e. The second-order valence-electron chi connectivity index (χ2n) is 5.46. The maximum atomic E-state index is 11.1. The van der Waals surface area contributed by atoms with Gasteiger partial charge in [0.15, 0.2) is 0 Å². The highest BCUT2D eigenvalue weighted by molar-refractivity contribution is 5.74. The highest BCUT2D eigenvalue weighted by Crippen LogP contribution is 2.33. The third-order valence-corrected chi connectivity index (χ3v) is 3.87. The van der Waals surface area contributed by atoms with Crippen LogP contribution in [0, 0.1) is 16.0 Å². The van der Waals surface area contributed by atoms with Crippen LogP contribution < -0.4 is 11.1 Å². The molecule has 1 saturated carbocycles. The van der Waals surface area contributed by atoms with Gasteiger partial charge in [0.05, 0.1) is 4.92 Å². The summed E-state index contributed by atoms with van der Waals surface area (Å²) in [6, 6.07) is 5.37. The number of nitrogen functional groups attached to an aromatic ring is 1. The Balaban J connectivity index is 2.14. The standard InChI is InChI=1S/C14H21N3O2/c1-10-4-2-5-11(9-8-10)16-13-7-3-6-12(15)14(13)17(18)19/h3,6-7,10-11,16H,2,4-5,8-9,15H2,1H3. The predicted octanol–water partition coefficient (Wildman–Crippen LogP) is 3.56. The van der Waals surface area contributed by atoms with Crippen molar-refractivity contribution in [2.45, 2.75) is 45.1 Å². The zero-order chi connectivity index (χ0) is 13.8. The third kappa shape index (κ3) is 3.36. The van der Waals surface area contributed by atoms with Crippen molar-refractivity contribution in [3.05, 3.63) is 28.3 Å². The van der Waals surface area contributed by atoms with Gasteiger partial charge in [-0.25, -0.2) is 0 Å². The van der Waals surface area contributed by atoms with Gasteiger partial charge in [0.2, 0.25) is 0 Å². The predicted molar refractivity (Wildman–Crippen MR) is 77.2 cm³/mol. The zero-order valence-corrected chi connectivity index (χ0v) is 11.3. The molecule has 5 nitrogen and oxygen atoms in total. The molecule has 2 rings (SSSR count). The highest BCUT2D eigenvalue weighted by atomic mass is 16.6. The number of nitrogens with two attached hydrogens (primary N) is 1. The van der Waals surface area contributed by atoms with Crippen LogP contribution in [-0.2, 0) is 0 Å². The van der Waals surface area contributed by atoms with E-state index in [2.05, 4.69) is 12.2 Å².